The van der Waals surface area contributed by atoms with Crippen molar-refractivity contribution < 1.29 is 9.21 Å². The van der Waals surface area contributed by atoms with Crippen molar-refractivity contribution in [2.24, 2.45) is 0 Å². The molecule has 0 unspecified atom stereocenters. The van der Waals surface area contributed by atoms with E-state index in [4.69, 9.17) is 4.42 Å². The SMILES string of the molecule is O=C(c1ccc(Br)o1)N1CCN(c2ccc(Nc3cccnc3)nn2)CC1. The molecule has 1 amide bonds. The molecular formula is C18H17BrN6O2. The van der Waals surface area contributed by atoms with Crippen LogP contribution in [-0.2, 0) is 0 Å². The average molecular weight is 429 g/mol. The number of hydrogen-bond acceptors (Lipinski definition) is 7. The summed E-state index contributed by atoms with van der Waals surface area (Å²) in [5.41, 5.74) is 0.858. The summed E-state index contributed by atoms with van der Waals surface area (Å²) in [6.07, 6.45) is 3.44. The topological polar surface area (TPSA) is 87.4 Å². The number of anilines is 3. The van der Waals surface area contributed by atoms with Crippen molar-refractivity contribution in [3.63, 3.8) is 0 Å². The highest BCUT2D eigenvalue weighted by atomic mass is 79.9. The predicted octanol–water partition coefficient (Wildman–Crippen LogP) is 2.93. The van der Waals surface area contributed by atoms with E-state index in [2.05, 4.69) is 41.3 Å². The molecule has 1 aliphatic heterocycles. The second kappa shape index (κ2) is 7.75. The largest absolute Gasteiger partial charge is 0.444 e. The van der Waals surface area contributed by atoms with Crippen molar-refractivity contribution in [1.29, 1.82) is 0 Å². The van der Waals surface area contributed by atoms with Crippen LogP contribution >= 0.6 is 15.9 Å². The van der Waals surface area contributed by atoms with Crippen LogP contribution in [0.3, 0.4) is 0 Å². The first-order valence-corrected chi connectivity index (χ1v) is 9.29. The number of amides is 1. The summed E-state index contributed by atoms with van der Waals surface area (Å²) in [5.74, 6) is 1.70. The minimum absolute atomic E-state index is 0.0950. The molecule has 0 saturated carbocycles. The van der Waals surface area contributed by atoms with E-state index < -0.39 is 0 Å². The van der Waals surface area contributed by atoms with Gasteiger partial charge in [0.25, 0.3) is 5.91 Å². The Hall–Kier alpha value is -2.94. The van der Waals surface area contributed by atoms with Gasteiger partial charge >= 0.3 is 0 Å². The Morgan fingerprint density at radius 2 is 1.93 bits per heavy atom. The lowest BCUT2D eigenvalue weighted by Gasteiger charge is -2.34. The van der Waals surface area contributed by atoms with Gasteiger partial charge in [-0.2, -0.15) is 0 Å². The van der Waals surface area contributed by atoms with Crippen LogP contribution in [0.25, 0.3) is 0 Å². The van der Waals surface area contributed by atoms with Crippen LogP contribution in [0.1, 0.15) is 10.6 Å². The molecule has 0 aliphatic carbocycles. The number of aromatic nitrogens is 3. The fraction of sp³-hybridized carbons (Fsp3) is 0.222. The maximum Gasteiger partial charge on any atom is 0.289 e. The molecule has 3 aromatic heterocycles. The van der Waals surface area contributed by atoms with Gasteiger partial charge in [-0.15, -0.1) is 10.2 Å². The molecule has 0 aromatic carbocycles. The van der Waals surface area contributed by atoms with Crippen molar-refractivity contribution >= 4 is 39.2 Å². The first kappa shape index (κ1) is 17.5. The molecule has 4 rings (SSSR count). The molecule has 1 fully saturated rings. The van der Waals surface area contributed by atoms with Gasteiger partial charge in [0.05, 0.1) is 11.9 Å². The number of carbonyl (C=O) groups excluding carboxylic acids is 1. The third-order valence-electron chi connectivity index (χ3n) is 4.26. The summed E-state index contributed by atoms with van der Waals surface area (Å²) in [5, 5.41) is 11.7. The van der Waals surface area contributed by atoms with Gasteiger partial charge in [-0.3, -0.25) is 9.78 Å². The number of nitrogens with one attached hydrogen (secondary N) is 1. The maximum atomic E-state index is 12.4. The van der Waals surface area contributed by atoms with E-state index in [0.29, 0.717) is 42.4 Å². The molecule has 8 nitrogen and oxygen atoms in total. The third kappa shape index (κ3) is 4.08. The van der Waals surface area contributed by atoms with Gasteiger partial charge in [0.2, 0.25) is 0 Å². The van der Waals surface area contributed by atoms with E-state index >= 15 is 0 Å². The van der Waals surface area contributed by atoms with E-state index in [1.807, 2.05) is 24.3 Å². The molecule has 4 heterocycles. The summed E-state index contributed by atoms with van der Waals surface area (Å²) in [7, 11) is 0. The Labute approximate surface area is 164 Å². The van der Waals surface area contributed by atoms with Crippen LogP contribution in [0.2, 0.25) is 0 Å². The van der Waals surface area contributed by atoms with Crippen LogP contribution < -0.4 is 10.2 Å². The van der Waals surface area contributed by atoms with Gasteiger partial charge in [0.15, 0.2) is 22.1 Å². The number of hydrogen-bond donors (Lipinski definition) is 1. The maximum absolute atomic E-state index is 12.4. The van der Waals surface area contributed by atoms with Crippen molar-refractivity contribution in [3.8, 4) is 0 Å². The number of carbonyl (C=O) groups is 1. The van der Waals surface area contributed by atoms with Gasteiger partial charge < -0.3 is 19.5 Å². The van der Waals surface area contributed by atoms with Crippen LogP contribution in [0, 0.1) is 0 Å². The number of pyridine rings is 1. The molecule has 0 atom stereocenters. The average Bonchev–Trinajstić information content (AvgIpc) is 3.15. The lowest BCUT2D eigenvalue weighted by Crippen LogP contribution is -2.49. The Balaban J connectivity index is 1.35. The number of rotatable bonds is 4. The molecule has 1 N–H and O–H groups in total. The second-order valence-electron chi connectivity index (χ2n) is 6.03. The fourth-order valence-corrected chi connectivity index (χ4v) is 3.18. The highest BCUT2D eigenvalue weighted by molar-refractivity contribution is 9.10. The lowest BCUT2D eigenvalue weighted by molar-refractivity contribution is 0.0713. The summed E-state index contributed by atoms with van der Waals surface area (Å²) in [6, 6.07) is 11.0. The number of nitrogens with zero attached hydrogens (tertiary/aromatic N) is 5. The van der Waals surface area contributed by atoms with Crippen molar-refractivity contribution in [2.45, 2.75) is 0 Å². The molecule has 138 valence electrons. The molecule has 3 aromatic rings. The van der Waals surface area contributed by atoms with Gasteiger partial charge in [0.1, 0.15) is 0 Å². The van der Waals surface area contributed by atoms with Crippen molar-refractivity contribution in [1.82, 2.24) is 20.1 Å². The minimum Gasteiger partial charge on any atom is -0.444 e. The molecule has 0 radical (unpaired) electrons. The smallest absolute Gasteiger partial charge is 0.289 e. The second-order valence-corrected chi connectivity index (χ2v) is 6.81. The van der Waals surface area contributed by atoms with E-state index in [1.165, 1.54) is 0 Å². The number of halogens is 1. The molecule has 1 saturated heterocycles. The number of piperazine rings is 1. The van der Waals surface area contributed by atoms with Crippen LogP contribution in [0.15, 0.2) is 57.9 Å². The highest BCUT2D eigenvalue weighted by Gasteiger charge is 2.24. The first-order chi connectivity index (χ1) is 13.2. The zero-order chi connectivity index (χ0) is 18.6. The van der Waals surface area contributed by atoms with E-state index in [9.17, 15) is 4.79 Å². The quantitative estimate of drug-likeness (QED) is 0.683. The van der Waals surface area contributed by atoms with Crippen molar-refractivity contribution in [3.05, 3.63) is 59.2 Å². The Bertz CT molecular complexity index is 907. The fourth-order valence-electron chi connectivity index (χ4n) is 2.87. The molecule has 0 spiro atoms. The first-order valence-electron chi connectivity index (χ1n) is 8.49. The Morgan fingerprint density at radius 3 is 2.56 bits per heavy atom. The molecule has 27 heavy (non-hydrogen) atoms. The Kier molecular flexibility index (Phi) is 5.01. The zero-order valence-corrected chi connectivity index (χ0v) is 16.0. The van der Waals surface area contributed by atoms with E-state index in [-0.39, 0.29) is 5.91 Å². The van der Waals surface area contributed by atoms with Gasteiger partial charge in [0, 0.05) is 32.4 Å². The molecular weight excluding hydrogens is 412 g/mol. The molecule has 0 bridgehead atoms. The summed E-state index contributed by atoms with van der Waals surface area (Å²) in [6.45, 7) is 2.60. The van der Waals surface area contributed by atoms with E-state index in [1.54, 1.807) is 29.4 Å². The van der Waals surface area contributed by atoms with Crippen LogP contribution in [0.4, 0.5) is 17.3 Å². The third-order valence-corrected chi connectivity index (χ3v) is 4.69. The summed E-state index contributed by atoms with van der Waals surface area (Å²) >= 11 is 3.22. The molecule has 1 aliphatic rings. The van der Waals surface area contributed by atoms with Crippen molar-refractivity contribution in [2.75, 3.05) is 36.4 Å². The Morgan fingerprint density at radius 1 is 1.07 bits per heavy atom. The van der Waals surface area contributed by atoms with E-state index in [0.717, 1.165) is 11.5 Å². The number of furan rings is 1. The predicted molar refractivity (Wildman–Crippen MR) is 104 cm³/mol. The summed E-state index contributed by atoms with van der Waals surface area (Å²) < 4.78 is 5.91. The van der Waals surface area contributed by atoms with Crippen LogP contribution in [0.5, 0.6) is 0 Å². The highest BCUT2D eigenvalue weighted by Crippen LogP contribution is 2.19. The van der Waals surface area contributed by atoms with Crippen LogP contribution in [-0.4, -0.2) is 52.2 Å². The van der Waals surface area contributed by atoms with Gasteiger partial charge in [-0.1, -0.05) is 0 Å². The lowest BCUT2D eigenvalue weighted by atomic mass is 10.3. The normalized spacial score (nSPS) is 14.3. The molecule has 9 heteroatoms. The standard InChI is InChI=1S/C18H17BrN6O2/c19-15-4-3-14(27-15)18(26)25-10-8-24(9-11-25)17-6-5-16(22-23-17)21-13-2-1-7-20-12-13/h1-7,12H,8-11H2,(H,21,22). The summed E-state index contributed by atoms with van der Waals surface area (Å²) in [4.78, 5) is 20.4. The van der Waals surface area contributed by atoms with Gasteiger partial charge in [-0.05, 0) is 52.3 Å². The monoisotopic (exact) mass is 428 g/mol. The van der Waals surface area contributed by atoms with Gasteiger partial charge in [-0.25, -0.2) is 0 Å². The minimum atomic E-state index is -0.0950. The zero-order valence-electron chi connectivity index (χ0n) is 14.4.